The summed E-state index contributed by atoms with van der Waals surface area (Å²) in [4.78, 5) is 23.6. The first kappa shape index (κ1) is 15.5. The molecule has 0 unspecified atom stereocenters. The summed E-state index contributed by atoms with van der Waals surface area (Å²) in [6.45, 7) is 3.78. The van der Waals surface area contributed by atoms with Crippen molar-refractivity contribution in [2.24, 2.45) is 0 Å². The van der Waals surface area contributed by atoms with Crippen LogP contribution in [0.25, 0.3) is 16.6 Å². The number of nitrogens with zero attached hydrogens (tertiary/aromatic N) is 3. The zero-order valence-corrected chi connectivity index (χ0v) is 13.4. The molecule has 0 atom stereocenters. The molecule has 0 aliphatic rings. The van der Waals surface area contributed by atoms with Crippen LogP contribution in [0, 0.1) is 0 Å². The average molecular weight is 291 g/mol. The van der Waals surface area contributed by atoms with Gasteiger partial charge in [-0.15, -0.1) is 6.58 Å². The van der Waals surface area contributed by atoms with E-state index in [1.165, 1.54) is 21.4 Å². The van der Waals surface area contributed by atoms with E-state index in [4.69, 9.17) is 0 Å². The Balaban J connectivity index is 0.00000161. The fraction of sp³-hybridized carbons (Fsp3) is 0.0714. The topological polar surface area (TPSA) is 79.4 Å². The van der Waals surface area contributed by atoms with Gasteiger partial charge in [0.25, 0.3) is 5.56 Å². The number of carbonyl (C=O) groups excluding carboxylic acids is 1. The van der Waals surface area contributed by atoms with Gasteiger partial charge in [0.05, 0.1) is 28.6 Å². The number of carboxylic acid groups (broad SMARTS) is 1. The summed E-state index contributed by atoms with van der Waals surface area (Å²) in [5, 5.41) is 15.7. The molecule has 0 radical (unpaired) electrons. The van der Waals surface area contributed by atoms with Crippen LogP contribution in [0.5, 0.6) is 0 Å². The van der Waals surface area contributed by atoms with E-state index in [0.717, 1.165) is 0 Å². The van der Waals surface area contributed by atoms with Crippen LogP contribution in [-0.2, 0) is 6.54 Å². The van der Waals surface area contributed by atoms with Crippen molar-refractivity contribution >= 4 is 22.5 Å². The summed E-state index contributed by atoms with van der Waals surface area (Å²) in [5.41, 5.74) is 0.361. The molecule has 0 N–H and O–H groups in total. The number of para-hydroxylation sites is 1. The van der Waals surface area contributed by atoms with Crippen molar-refractivity contribution < 1.29 is 39.5 Å². The Kier molecular flexibility index (Phi) is 4.32. The number of rotatable bonds is 3. The molecule has 7 heteroatoms. The number of benzene rings is 1. The molecule has 0 saturated carbocycles. The fourth-order valence-electron chi connectivity index (χ4n) is 2.30. The van der Waals surface area contributed by atoms with Crippen LogP contribution in [0.15, 0.2) is 47.9 Å². The Morgan fingerprint density at radius 2 is 2.10 bits per heavy atom. The fourth-order valence-corrected chi connectivity index (χ4v) is 2.30. The molecule has 3 rings (SSSR count). The van der Waals surface area contributed by atoms with Gasteiger partial charge in [-0.05, 0) is 12.1 Å². The zero-order valence-electron chi connectivity index (χ0n) is 11.4. The Labute approximate surface area is 141 Å². The minimum absolute atomic E-state index is 0. The standard InChI is InChI=1S/C14H11N3O3.Na/c1-2-7-16-12-10(14(19)20)8-15-17(12)11-6-4-3-5-9(11)13(16)18;/h2-6,8H,1,7H2,(H,19,20);/q;+1/p-1. The SMILES string of the molecule is C=CCn1c(=O)c2ccccc2n2ncc(C(=O)[O-])c12.[Na+]. The summed E-state index contributed by atoms with van der Waals surface area (Å²) >= 11 is 0. The number of fused-ring (bicyclic) bond motifs is 3. The van der Waals surface area contributed by atoms with Gasteiger partial charge >= 0.3 is 29.6 Å². The van der Waals surface area contributed by atoms with E-state index in [1.807, 2.05) is 0 Å². The first-order valence-electron chi connectivity index (χ1n) is 5.96. The van der Waals surface area contributed by atoms with Crippen molar-refractivity contribution in [1.82, 2.24) is 14.2 Å². The van der Waals surface area contributed by atoms with Gasteiger partial charge < -0.3 is 9.90 Å². The number of hydrogen-bond acceptors (Lipinski definition) is 4. The zero-order chi connectivity index (χ0) is 14.3. The van der Waals surface area contributed by atoms with E-state index in [9.17, 15) is 14.7 Å². The summed E-state index contributed by atoms with van der Waals surface area (Å²) < 4.78 is 2.76. The molecule has 0 bridgehead atoms. The first-order valence-corrected chi connectivity index (χ1v) is 5.96. The summed E-state index contributed by atoms with van der Waals surface area (Å²) in [6.07, 6.45) is 2.72. The van der Waals surface area contributed by atoms with Crippen molar-refractivity contribution in [2.45, 2.75) is 6.54 Å². The van der Waals surface area contributed by atoms with Gasteiger partial charge in [0, 0.05) is 6.54 Å². The number of hydrogen-bond donors (Lipinski definition) is 0. The van der Waals surface area contributed by atoms with Crippen LogP contribution >= 0.6 is 0 Å². The maximum atomic E-state index is 12.5. The number of carboxylic acids is 1. The van der Waals surface area contributed by atoms with Crippen molar-refractivity contribution in [3.05, 3.63) is 59.0 Å². The maximum absolute atomic E-state index is 12.5. The second-order valence-corrected chi connectivity index (χ2v) is 4.30. The van der Waals surface area contributed by atoms with Gasteiger partial charge in [0.2, 0.25) is 0 Å². The van der Waals surface area contributed by atoms with Crippen LogP contribution in [-0.4, -0.2) is 20.2 Å². The van der Waals surface area contributed by atoms with Crippen LogP contribution in [0.2, 0.25) is 0 Å². The first-order chi connectivity index (χ1) is 9.65. The quantitative estimate of drug-likeness (QED) is 0.386. The van der Waals surface area contributed by atoms with Gasteiger partial charge in [0.1, 0.15) is 5.65 Å². The minimum Gasteiger partial charge on any atom is -0.545 e. The van der Waals surface area contributed by atoms with Crippen LogP contribution in [0.4, 0.5) is 0 Å². The van der Waals surface area contributed by atoms with E-state index in [0.29, 0.717) is 10.9 Å². The second kappa shape index (κ2) is 5.85. The number of aromatic carboxylic acids is 1. The normalized spacial score (nSPS) is 10.5. The Hall–Kier alpha value is -1.89. The predicted molar refractivity (Wildman–Crippen MR) is 71.5 cm³/mol. The Bertz CT molecular complexity index is 911. The monoisotopic (exact) mass is 291 g/mol. The third kappa shape index (κ3) is 2.31. The van der Waals surface area contributed by atoms with Crippen LogP contribution in [0.3, 0.4) is 0 Å². The van der Waals surface area contributed by atoms with Crippen molar-refractivity contribution in [2.75, 3.05) is 0 Å². The van der Waals surface area contributed by atoms with Gasteiger partial charge in [0.15, 0.2) is 0 Å². The molecule has 3 aromatic rings. The molecular formula is C14H10N3NaO3. The number of allylic oxidation sites excluding steroid dienone is 1. The van der Waals surface area contributed by atoms with Gasteiger partial charge in [-0.1, -0.05) is 18.2 Å². The molecule has 0 aliphatic carbocycles. The van der Waals surface area contributed by atoms with E-state index in [-0.39, 0.29) is 52.9 Å². The van der Waals surface area contributed by atoms with E-state index >= 15 is 0 Å². The molecule has 0 fully saturated rings. The van der Waals surface area contributed by atoms with E-state index in [2.05, 4.69) is 11.7 Å². The second-order valence-electron chi connectivity index (χ2n) is 4.30. The Morgan fingerprint density at radius 1 is 1.38 bits per heavy atom. The molecule has 0 aliphatic heterocycles. The van der Waals surface area contributed by atoms with E-state index in [1.54, 1.807) is 24.3 Å². The van der Waals surface area contributed by atoms with Crippen molar-refractivity contribution in [3.8, 4) is 0 Å². The van der Waals surface area contributed by atoms with Gasteiger partial charge in [-0.2, -0.15) is 5.10 Å². The van der Waals surface area contributed by atoms with Crippen molar-refractivity contribution in [1.29, 1.82) is 0 Å². The number of aromatic nitrogens is 3. The van der Waals surface area contributed by atoms with Crippen molar-refractivity contribution in [3.63, 3.8) is 0 Å². The van der Waals surface area contributed by atoms with Crippen LogP contribution < -0.4 is 40.2 Å². The molecular weight excluding hydrogens is 281 g/mol. The molecule has 21 heavy (non-hydrogen) atoms. The minimum atomic E-state index is -1.37. The Morgan fingerprint density at radius 3 is 2.76 bits per heavy atom. The smallest absolute Gasteiger partial charge is 0.545 e. The molecule has 2 heterocycles. The largest absolute Gasteiger partial charge is 1.00 e. The molecule has 6 nitrogen and oxygen atoms in total. The number of carbonyl (C=O) groups is 1. The molecule has 100 valence electrons. The summed E-state index contributed by atoms with van der Waals surface area (Å²) in [6, 6.07) is 6.90. The maximum Gasteiger partial charge on any atom is 1.00 e. The van der Waals surface area contributed by atoms with Crippen LogP contribution in [0.1, 0.15) is 10.4 Å². The molecule has 0 saturated heterocycles. The van der Waals surface area contributed by atoms with Gasteiger partial charge in [-0.3, -0.25) is 9.36 Å². The molecule has 2 aromatic heterocycles. The summed E-state index contributed by atoms with van der Waals surface area (Å²) in [5.74, 6) is -1.37. The van der Waals surface area contributed by atoms with E-state index < -0.39 is 5.97 Å². The average Bonchev–Trinajstić information content (AvgIpc) is 2.88. The third-order valence-corrected chi connectivity index (χ3v) is 3.14. The van der Waals surface area contributed by atoms with Gasteiger partial charge in [-0.25, -0.2) is 4.52 Å². The molecule has 0 spiro atoms. The third-order valence-electron chi connectivity index (χ3n) is 3.14. The predicted octanol–water partition coefficient (Wildman–Crippen LogP) is -2.80. The molecule has 0 amide bonds. The summed E-state index contributed by atoms with van der Waals surface area (Å²) in [7, 11) is 0. The molecule has 1 aromatic carbocycles.